The summed E-state index contributed by atoms with van der Waals surface area (Å²) in [6.07, 6.45) is 4.33. The smallest absolute Gasteiger partial charge is 0.0568 e. The number of hydrogen-bond donors (Lipinski definition) is 1. The van der Waals surface area contributed by atoms with Crippen LogP contribution in [0.2, 0.25) is 0 Å². The second-order valence-corrected chi connectivity index (χ2v) is 3.92. The maximum Gasteiger partial charge on any atom is 0.0568 e. The summed E-state index contributed by atoms with van der Waals surface area (Å²) < 4.78 is 0. The third-order valence-corrected chi connectivity index (χ3v) is 3.03. The molecule has 1 heteroatoms. The molecule has 1 aliphatic rings. The number of rotatable bonds is 3. The standard InChI is InChI=1S/C13H16O/c1-2-6-12-9-13(12,10-14)11-7-4-3-5-8-11/h3-8,14H,2,9-10H2,1H3/b12-6-. The van der Waals surface area contributed by atoms with Gasteiger partial charge < -0.3 is 5.11 Å². The second kappa shape index (κ2) is 3.58. The molecule has 1 aromatic carbocycles. The van der Waals surface area contributed by atoms with Crippen LogP contribution in [-0.4, -0.2) is 11.7 Å². The van der Waals surface area contributed by atoms with Crippen molar-refractivity contribution >= 4 is 0 Å². The van der Waals surface area contributed by atoms with E-state index in [0.717, 1.165) is 12.8 Å². The number of hydrogen-bond acceptors (Lipinski definition) is 1. The normalized spacial score (nSPS) is 28.0. The number of aliphatic hydroxyl groups excluding tert-OH is 1. The fraction of sp³-hybridized carbons (Fsp3) is 0.385. The Balaban J connectivity index is 2.30. The summed E-state index contributed by atoms with van der Waals surface area (Å²) in [6.45, 7) is 2.38. The Hall–Kier alpha value is -1.08. The van der Waals surface area contributed by atoms with E-state index >= 15 is 0 Å². The molecule has 2 rings (SSSR count). The van der Waals surface area contributed by atoms with Crippen molar-refractivity contribution in [3.8, 4) is 0 Å². The Morgan fingerprint density at radius 3 is 2.64 bits per heavy atom. The van der Waals surface area contributed by atoms with Crippen molar-refractivity contribution < 1.29 is 5.11 Å². The van der Waals surface area contributed by atoms with E-state index in [0.29, 0.717) is 0 Å². The van der Waals surface area contributed by atoms with Gasteiger partial charge in [0.05, 0.1) is 6.61 Å². The first-order chi connectivity index (χ1) is 6.83. The lowest BCUT2D eigenvalue weighted by Gasteiger charge is -2.11. The van der Waals surface area contributed by atoms with E-state index in [-0.39, 0.29) is 12.0 Å². The van der Waals surface area contributed by atoms with Crippen LogP contribution < -0.4 is 0 Å². The number of aliphatic hydroxyl groups is 1. The van der Waals surface area contributed by atoms with Gasteiger partial charge in [0.2, 0.25) is 0 Å². The Morgan fingerprint density at radius 2 is 2.07 bits per heavy atom. The quantitative estimate of drug-likeness (QED) is 0.723. The first-order valence-electron chi connectivity index (χ1n) is 5.19. The van der Waals surface area contributed by atoms with Gasteiger partial charge in [-0.2, -0.15) is 0 Å². The molecule has 1 unspecified atom stereocenters. The molecular formula is C13H16O. The molecule has 0 bridgehead atoms. The van der Waals surface area contributed by atoms with E-state index in [9.17, 15) is 5.11 Å². The van der Waals surface area contributed by atoms with Crippen molar-refractivity contribution in [3.63, 3.8) is 0 Å². The zero-order valence-electron chi connectivity index (χ0n) is 8.53. The van der Waals surface area contributed by atoms with E-state index in [2.05, 4.69) is 25.1 Å². The van der Waals surface area contributed by atoms with Crippen molar-refractivity contribution in [3.05, 3.63) is 47.5 Å². The van der Waals surface area contributed by atoms with Gasteiger partial charge in [-0.15, -0.1) is 0 Å². The Labute approximate surface area is 85.1 Å². The van der Waals surface area contributed by atoms with E-state index in [1.54, 1.807) is 0 Å². The third kappa shape index (κ3) is 1.38. The average molecular weight is 188 g/mol. The Morgan fingerprint density at radius 1 is 1.36 bits per heavy atom. The summed E-state index contributed by atoms with van der Waals surface area (Å²) in [4.78, 5) is 0. The molecule has 14 heavy (non-hydrogen) atoms. The van der Waals surface area contributed by atoms with Gasteiger partial charge in [0.15, 0.2) is 0 Å². The Bertz CT molecular complexity index is 340. The SMILES string of the molecule is CC/C=C1/CC1(CO)c1ccccc1. The largest absolute Gasteiger partial charge is 0.395 e. The molecule has 0 spiro atoms. The minimum Gasteiger partial charge on any atom is -0.395 e. The van der Waals surface area contributed by atoms with Gasteiger partial charge in [-0.25, -0.2) is 0 Å². The maximum atomic E-state index is 9.47. The van der Waals surface area contributed by atoms with Crippen molar-refractivity contribution in [1.29, 1.82) is 0 Å². The summed E-state index contributed by atoms with van der Waals surface area (Å²) in [5.74, 6) is 0. The summed E-state index contributed by atoms with van der Waals surface area (Å²) in [5.41, 5.74) is 2.62. The highest BCUT2D eigenvalue weighted by atomic mass is 16.3. The summed E-state index contributed by atoms with van der Waals surface area (Å²) in [7, 11) is 0. The van der Waals surface area contributed by atoms with Crippen molar-refractivity contribution in [2.24, 2.45) is 0 Å². The van der Waals surface area contributed by atoms with Crippen molar-refractivity contribution in [2.75, 3.05) is 6.61 Å². The van der Waals surface area contributed by atoms with Crippen LogP contribution in [-0.2, 0) is 5.41 Å². The van der Waals surface area contributed by atoms with Gasteiger partial charge in [0.1, 0.15) is 0 Å². The molecular weight excluding hydrogens is 172 g/mol. The first-order valence-corrected chi connectivity index (χ1v) is 5.19. The van der Waals surface area contributed by atoms with Gasteiger partial charge in [-0.05, 0) is 18.4 Å². The van der Waals surface area contributed by atoms with Crippen LogP contribution in [0.1, 0.15) is 25.3 Å². The highest BCUT2D eigenvalue weighted by Gasteiger charge is 2.48. The molecule has 1 fully saturated rings. The molecule has 74 valence electrons. The lowest BCUT2D eigenvalue weighted by atomic mass is 9.96. The van der Waals surface area contributed by atoms with Crippen LogP contribution >= 0.6 is 0 Å². The molecule has 1 atom stereocenters. The molecule has 0 saturated heterocycles. The first kappa shape index (κ1) is 9.47. The van der Waals surface area contributed by atoms with E-state index in [1.165, 1.54) is 11.1 Å². The van der Waals surface area contributed by atoms with E-state index < -0.39 is 0 Å². The van der Waals surface area contributed by atoms with Crippen molar-refractivity contribution in [1.82, 2.24) is 0 Å². The molecule has 0 amide bonds. The van der Waals surface area contributed by atoms with Gasteiger partial charge >= 0.3 is 0 Å². The molecule has 1 aromatic rings. The lowest BCUT2D eigenvalue weighted by Crippen LogP contribution is -2.12. The Kier molecular flexibility index (Phi) is 2.42. The van der Waals surface area contributed by atoms with Crippen LogP contribution in [0, 0.1) is 0 Å². The topological polar surface area (TPSA) is 20.2 Å². The maximum absolute atomic E-state index is 9.47. The third-order valence-electron chi connectivity index (χ3n) is 3.03. The predicted molar refractivity (Wildman–Crippen MR) is 58.2 cm³/mol. The fourth-order valence-corrected chi connectivity index (χ4v) is 2.09. The zero-order valence-corrected chi connectivity index (χ0v) is 8.53. The van der Waals surface area contributed by atoms with Crippen LogP contribution in [0.25, 0.3) is 0 Å². The monoisotopic (exact) mass is 188 g/mol. The molecule has 1 saturated carbocycles. The van der Waals surface area contributed by atoms with Crippen LogP contribution in [0.4, 0.5) is 0 Å². The second-order valence-electron chi connectivity index (χ2n) is 3.92. The van der Waals surface area contributed by atoms with Gasteiger partial charge in [-0.3, -0.25) is 0 Å². The van der Waals surface area contributed by atoms with Gasteiger partial charge in [-0.1, -0.05) is 48.9 Å². The fourth-order valence-electron chi connectivity index (χ4n) is 2.09. The summed E-state index contributed by atoms with van der Waals surface area (Å²) in [5, 5.41) is 9.47. The highest BCUT2D eigenvalue weighted by Crippen LogP contribution is 2.53. The molecule has 1 nitrogen and oxygen atoms in total. The van der Waals surface area contributed by atoms with Crippen LogP contribution in [0.15, 0.2) is 42.0 Å². The zero-order chi connectivity index (χ0) is 10.0. The van der Waals surface area contributed by atoms with E-state index in [4.69, 9.17) is 0 Å². The molecule has 0 radical (unpaired) electrons. The lowest BCUT2D eigenvalue weighted by molar-refractivity contribution is 0.261. The molecule has 0 aromatic heterocycles. The minimum absolute atomic E-state index is 0.0305. The van der Waals surface area contributed by atoms with Crippen LogP contribution in [0.5, 0.6) is 0 Å². The molecule has 0 aliphatic heterocycles. The molecule has 0 heterocycles. The van der Waals surface area contributed by atoms with Crippen LogP contribution in [0.3, 0.4) is 0 Å². The minimum atomic E-state index is -0.0305. The number of allylic oxidation sites excluding steroid dienone is 1. The van der Waals surface area contributed by atoms with Gasteiger partial charge in [0.25, 0.3) is 0 Å². The summed E-state index contributed by atoms with van der Waals surface area (Å²) in [6, 6.07) is 10.3. The van der Waals surface area contributed by atoms with Gasteiger partial charge in [0, 0.05) is 5.41 Å². The summed E-state index contributed by atoms with van der Waals surface area (Å²) >= 11 is 0. The molecule has 1 aliphatic carbocycles. The van der Waals surface area contributed by atoms with Crippen molar-refractivity contribution in [2.45, 2.75) is 25.2 Å². The highest BCUT2D eigenvalue weighted by molar-refractivity contribution is 5.49. The molecule has 1 N–H and O–H groups in total. The predicted octanol–water partition coefficient (Wildman–Crippen LogP) is 2.66. The average Bonchev–Trinajstić information content (AvgIpc) is 2.95. The number of benzene rings is 1. The van der Waals surface area contributed by atoms with E-state index in [1.807, 2.05) is 18.2 Å².